The number of carbonyl (C=O) groups is 2. The summed E-state index contributed by atoms with van der Waals surface area (Å²) in [5.74, 6) is 0.708. The Morgan fingerprint density at radius 2 is 1.64 bits per heavy atom. The van der Waals surface area contributed by atoms with Gasteiger partial charge in [-0.05, 0) is 49.1 Å². The first-order valence-corrected chi connectivity index (χ1v) is 10.7. The van der Waals surface area contributed by atoms with Crippen LogP contribution in [-0.4, -0.2) is 72.3 Å². The van der Waals surface area contributed by atoms with Crippen molar-refractivity contribution in [3.63, 3.8) is 0 Å². The molecule has 0 unspecified atom stereocenters. The van der Waals surface area contributed by atoms with Gasteiger partial charge in [-0.3, -0.25) is 9.59 Å². The molecule has 1 aromatic carbocycles. The summed E-state index contributed by atoms with van der Waals surface area (Å²) >= 11 is 5.88. The maximum absolute atomic E-state index is 12.6. The normalized spacial score (nSPS) is 19.4. The van der Waals surface area contributed by atoms with E-state index in [0.29, 0.717) is 17.4 Å². The van der Waals surface area contributed by atoms with Crippen molar-refractivity contribution >= 4 is 29.5 Å². The number of hydrogen-bond donors (Lipinski definition) is 0. The van der Waals surface area contributed by atoms with Gasteiger partial charge in [0.25, 0.3) is 0 Å². The standard InChI is InChI=1S/C22H30ClN3O2/c1-2-24-13-15-26(16-14-24)22(28)17-19-9-11-25(12-10-19)21(27)8-5-18-3-6-20(23)7-4-18/h3-8,19H,2,9-17H2,1H3/b8-5+. The number of piperidine rings is 1. The maximum Gasteiger partial charge on any atom is 0.246 e. The number of likely N-dealkylation sites (tertiary alicyclic amines) is 1. The number of amides is 2. The van der Waals surface area contributed by atoms with E-state index in [1.807, 2.05) is 40.1 Å². The van der Waals surface area contributed by atoms with Crippen LogP contribution in [0.1, 0.15) is 31.7 Å². The molecule has 2 fully saturated rings. The van der Waals surface area contributed by atoms with Gasteiger partial charge in [-0.2, -0.15) is 0 Å². The van der Waals surface area contributed by atoms with E-state index in [1.165, 1.54) is 0 Å². The quantitative estimate of drug-likeness (QED) is 0.709. The van der Waals surface area contributed by atoms with Crippen LogP contribution in [0.15, 0.2) is 30.3 Å². The Labute approximate surface area is 172 Å². The summed E-state index contributed by atoms with van der Waals surface area (Å²) in [5.41, 5.74) is 0.960. The van der Waals surface area contributed by atoms with Crippen LogP contribution in [0.5, 0.6) is 0 Å². The number of hydrogen-bond acceptors (Lipinski definition) is 3. The van der Waals surface area contributed by atoms with Crippen molar-refractivity contribution in [1.82, 2.24) is 14.7 Å². The lowest BCUT2D eigenvalue weighted by Gasteiger charge is -2.36. The van der Waals surface area contributed by atoms with E-state index in [-0.39, 0.29) is 11.8 Å². The Hall–Kier alpha value is -1.85. The minimum Gasteiger partial charge on any atom is -0.340 e. The third-order valence-corrected chi connectivity index (χ3v) is 6.10. The fourth-order valence-corrected chi connectivity index (χ4v) is 4.02. The number of nitrogens with zero attached hydrogens (tertiary/aromatic N) is 3. The van der Waals surface area contributed by atoms with Crippen LogP contribution in [0.25, 0.3) is 6.08 Å². The zero-order valence-corrected chi connectivity index (χ0v) is 17.4. The van der Waals surface area contributed by atoms with Crippen LogP contribution in [-0.2, 0) is 9.59 Å². The van der Waals surface area contributed by atoms with Gasteiger partial charge in [0.2, 0.25) is 11.8 Å². The van der Waals surface area contributed by atoms with Gasteiger partial charge in [0.05, 0.1) is 0 Å². The first kappa shape index (κ1) is 20.9. The lowest BCUT2D eigenvalue weighted by Crippen LogP contribution is -2.49. The molecule has 0 radical (unpaired) electrons. The van der Waals surface area contributed by atoms with Gasteiger partial charge in [0, 0.05) is 56.8 Å². The molecule has 152 valence electrons. The van der Waals surface area contributed by atoms with Gasteiger partial charge in [0.1, 0.15) is 0 Å². The zero-order valence-electron chi connectivity index (χ0n) is 16.6. The van der Waals surface area contributed by atoms with E-state index < -0.39 is 0 Å². The van der Waals surface area contributed by atoms with Crippen molar-refractivity contribution < 1.29 is 9.59 Å². The number of carbonyl (C=O) groups excluding carboxylic acids is 2. The highest BCUT2D eigenvalue weighted by atomic mass is 35.5. The molecule has 0 aliphatic carbocycles. The van der Waals surface area contributed by atoms with Crippen LogP contribution < -0.4 is 0 Å². The maximum atomic E-state index is 12.6. The molecule has 5 nitrogen and oxygen atoms in total. The number of benzene rings is 1. The number of rotatable bonds is 5. The molecular formula is C22H30ClN3O2. The molecule has 2 saturated heterocycles. The van der Waals surface area contributed by atoms with Gasteiger partial charge >= 0.3 is 0 Å². The predicted octanol–water partition coefficient (Wildman–Crippen LogP) is 3.15. The minimum atomic E-state index is 0.0374. The van der Waals surface area contributed by atoms with Crippen LogP contribution in [0, 0.1) is 5.92 Å². The number of likely N-dealkylation sites (N-methyl/N-ethyl adjacent to an activating group) is 1. The van der Waals surface area contributed by atoms with Crippen molar-refractivity contribution in [2.45, 2.75) is 26.2 Å². The summed E-state index contributed by atoms with van der Waals surface area (Å²) in [6.07, 6.45) is 5.88. The molecule has 0 atom stereocenters. The Balaban J connectivity index is 1.41. The van der Waals surface area contributed by atoms with Crippen molar-refractivity contribution in [3.05, 3.63) is 40.9 Å². The van der Waals surface area contributed by atoms with Crippen LogP contribution in [0.4, 0.5) is 0 Å². The third-order valence-electron chi connectivity index (χ3n) is 5.85. The smallest absolute Gasteiger partial charge is 0.246 e. The monoisotopic (exact) mass is 403 g/mol. The largest absolute Gasteiger partial charge is 0.340 e. The van der Waals surface area contributed by atoms with E-state index in [2.05, 4.69) is 11.8 Å². The summed E-state index contributed by atoms with van der Waals surface area (Å²) in [5, 5.41) is 0.687. The van der Waals surface area contributed by atoms with E-state index in [9.17, 15) is 9.59 Å². The molecule has 2 aliphatic rings. The van der Waals surface area contributed by atoms with Crippen LogP contribution >= 0.6 is 11.6 Å². The Morgan fingerprint density at radius 3 is 2.25 bits per heavy atom. The topological polar surface area (TPSA) is 43.9 Å². The van der Waals surface area contributed by atoms with Gasteiger partial charge in [-0.1, -0.05) is 30.7 Å². The van der Waals surface area contributed by atoms with E-state index in [4.69, 9.17) is 11.6 Å². The molecule has 0 aromatic heterocycles. The second kappa shape index (κ2) is 10.1. The molecule has 2 aliphatic heterocycles. The zero-order chi connectivity index (χ0) is 19.9. The van der Waals surface area contributed by atoms with E-state index in [1.54, 1.807) is 6.08 Å². The molecule has 0 saturated carbocycles. The lowest BCUT2D eigenvalue weighted by molar-refractivity contribution is -0.134. The van der Waals surface area contributed by atoms with Crippen molar-refractivity contribution in [3.8, 4) is 0 Å². The second-order valence-corrected chi connectivity index (χ2v) is 8.11. The Kier molecular flexibility index (Phi) is 7.51. The highest BCUT2D eigenvalue weighted by Crippen LogP contribution is 2.22. The van der Waals surface area contributed by atoms with Crippen molar-refractivity contribution in [1.29, 1.82) is 0 Å². The van der Waals surface area contributed by atoms with Crippen molar-refractivity contribution in [2.75, 3.05) is 45.8 Å². The van der Waals surface area contributed by atoms with Crippen LogP contribution in [0.3, 0.4) is 0 Å². The predicted molar refractivity (Wildman–Crippen MR) is 113 cm³/mol. The molecule has 0 N–H and O–H groups in total. The second-order valence-electron chi connectivity index (χ2n) is 7.67. The molecule has 2 amide bonds. The van der Waals surface area contributed by atoms with Gasteiger partial charge < -0.3 is 14.7 Å². The fraction of sp³-hybridized carbons (Fsp3) is 0.545. The van der Waals surface area contributed by atoms with E-state index >= 15 is 0 Å². The summed E-state index contributed by atoms with van der Waals surface area (Å²) in [6.45, 7) is 8.33. The highest BCUT2D eigenvalue weighted by molar-refractivity contribution is 6.30. The first-order chi connectivity index (χ1) is 13.5. The van der Waals surface area contributed by atoms with Crippen LogP contribution in [0.2, 0.25) is 5.02 Å². The first-order valence-electron chi connectivity index (χ1n) is 10.3. The lowest BCUT2D eigenvalue weighted by atomic mass is 9.92. The van der Waals surface area contributed by atoms with Gasteiger partial charge in [0.15, 0.2) is 0 Å². The SMILES string of the molecule is CCN1CCN(C(=O)CC2CCN(C(=O)/C=C/c3ccc(Cl)cc3)CC2)CC1. The Bertz CT molecular complexity index is 688. The fourth-order valence-electron chi connectivity index (χ4n) is 3.89. The average Bonchev–Trinajstić information content (AvgIpc) is 2.73. The Morgan fingerprint density at radius 1 is 1.00 bits per heavy atom. The summed E-state index contributed by atoms with van der Waals surface area (Å²) in [7, 11) is 0. The molecule has 2 heterocycles. The molecule has 3 rings (SSSR count). The molecule has 6 heteroatoms. The summed E-state index contributed by atoms with van der Waals surface area (Å²) < 4.78 is 0. The third kappa shape index (κ3) is 5.82. The van der Waals surface area contributed by atoms with E-state index in [0.717, 1.165) is 64.2 Å². The number of halogens is 1. The summed E-state index contributed by atoms with van der Waals surface area (Å²) in [4.78, 5) is 31.2. The molecule has 1 aromatic rings. The minimum absolute atomic E-state index is 0.0374. The van der Waals surface area contributed by atoms with Gasteiger partial charge in [-0.15, -0.1) is 0 Å². The average molecular weight is 404 g/mol. The number of piperazine rings is 1. The molecular weight excluding hydrogens is 374 g/mol. The highest BCUT2D eigenvalue weighted by Gasteiger charge is 2.26. The molecule has 0 spiro atoms. The van der Waals surface area contributed by atoms with Crippen molar-refractivity contribution in [2.24, 2.45) is 5.92 Å². The summed E-state index contributed by atoms with van der Waals surface area (Å²) in [6, 6.07) is 7.42. The van der Waals surface area contributed by atoms with Gasteiger partial charge in [-0.25, -0.2) is 0 Å². The molecule has 0 bridgehead atoms. The molecule has 28 heavy (non-hydrogen) atoms.